The van der Waals surface area contributed by atoms with Crippen LogP contribution in [0.25, 0.3) is 20.4 Å². The van der Waals surface area contributed by atoms with Crippen LogP contribution in [0.15, 0.2) is 36.4 Å². The molecule has 0 atom stereocenters. The molecule has 7 nitrogen and oxygen atoms in total. The second kappa shape index (κ2) is 9.58. The van der Waals surface area contributed by atoms with Gasteiger partial charge in [-0.25, -0.2) is 9.97 Å². The zero-order chi connectivity index (χ0) is 21.4. The van der Waals surface area contributed by atoms with E-state index < -0.39 is 0 Å². The van der Waals surface area contributed by atoms with E-state index in [1.165, 1.54) is 22.7 Å². The fourth-order valence-electron chi connectivity index (χ4n) is 3.57. The van der Waals surface area contributed by atoms with E-state index in [2.05, 4.69) is 23.7 Å². The van der Waals surface area contributed by atoms with Gasteiger partial charge in [0.25, 0.3) is 5.91 Å². The average molecular weight is 491 g/mol. The standard InChI is InChI=1S/C22H22N4O3S2.ClH/c1-3-25(4-2)9-10-26(21(27)20-23-14-7-5-6-8-18(14)30-20)22-24-15-11-16-17(29-13-28-16)12-19(15)31-22;/h5-8,11-12H,3-4,9-10,13H2,1-2H3;1H. The van der Waals surface area contributed by atoms with Crippen molar-refractivity contribution in [1.82, 2.24) is 14.9 Å². The van der Waals surface area contributed by atoms with Crippen LogP contribution in [0.4, 0.5) is 5.13 Å². The second-order valence-electron chi connectivity index (χ2n) is 7.14. The quantitative estimate of drug-likeness (QED) is 0.361. The number of carbonyl (C=O) groups is 1. The van der Waals surface area contributed by atoms with Gasteiger partial charge in [0.05, 0.1) is 20.4 Å². The van der Waals surface area contributed by atoms with Gasteiger partial charge < -0.3 is 14.4 Å². The van der Waals surface area contributed by atoms with Gasteiger partial charge in [0.1, 0.15) is 0 Å². The highest BCUT2D eigenvalue weighted by Crippen LogP contribution is 2.40. The molecule has 2 aromatic heterocycles. The van der Waals surface area contributed by atoms with Crippen molar-refractivity contribution in [3.8, 4) is 11.5 Å². The summed E-state index contributed by atoms with van der Waals surface area (Å²) in [5.41, 5.74) is 1.64. The number of carbonyl (C=O) groups excluding carboxylic acids is 1. The van der Waals surface area contributed by atoms with Crippen LogP contribution in [0, 0.1) is 0 Å². The van der Waals surface area contributed by atoms with Gasteiger partial charge in [0.2, 0.25) is 6.79 Å². The number of anilines is 1. The Morgan fingerprint density at radius 3 is 2.47 bits per heavy atom. The van der Waals surface area contributed by atoms with Crippen molar-refractivity contribution in [3.05, 3.63) is 41.4 Å². The molecule has 0 unspecified atom stereocenters. The Bertz CT molecular complexity index is 1180. The number of fused-ring (bicyclic) bond motifs is 3. The van der Waals surface area contributed by atoms with Gasteiger partial charge in [0.15, 0.2) is 21.6 Å². The third-order valence-corrected chi connectivity index (χ3v) is 7.42. The van der Waals surface area contributed by atoms with Crippen molar-refractivity contribution in [2.75, 3.05) is 37.9 Å². The van der Waals surface area contributed by atoms with Gasteiger partial charge in [-0.2, -0.15) is 0 Å². The van der Waals surface area contributed by atoms with Crippen LogP contribution in [-0.4, -0.2) is 53.7 Å². The van der Waals surface area contributed by atoms with Gasteiger partial charge in [-0.1, -0.05) is 37.3 Å². The summed E-state index contributed by atoms with van der Waals surface area (Å²) in [6.07, 6.45) is 0. The van der Waals surface area contributed by atoms with E-state index in [-0.39, 0.29) is 25.1 Å². The maximum absolute atomic E-state index is 13.6. The van der Waals surface area contributed by atoms with Crippen LogP contribution in [0.2, 0.25) is 0 Å². The first kappa shape index (κ1) is 22.7. The molecule has 1 amide bonds. The molecule has 4 aromatic rings. The number of thiazole rings is 2. The summed E-state index contributed by atoms with van der Waals surface area (Å²) >= 11 is 2.90. The Labute approximate surface area is 200 Å². The predicted molar refractivity (Wildman–Crippen MR) is 132 cm³/mol. The summed E-state index contributed by atoms with van der Waals surface area (Å²) in [4.78, 5) is 27.0. The molecule has 0 saturated heterocycles. The highest BCUT2D eigenvalue weighted by Gasteiger charge is 2.26. The fourth-order valence-corrected chi connectivity index (χ4v) is 5.48. The number of benzene rings is 2. The summed E-state index contributed by atoms with van der Waals surface area (Å²) in [6.45, 7) is 7.66. The summed E-state index contributed by atoms with van der Waals surface area (Å²) in [5.74, 6) is 1.29. The average Bonchev–Trinajstić information content (AvgIpc) is 3.51. The fraction of sp³-hybridized carbons (Fsp3) is 0.318. The lowest BCUT2D eigenvalue weighted by Gasteiger charge is -2.24. The first-order chi connectivity index (χ1) is 15.2. The molecule has 5 rings (SSSR count). The van der Waals surface area contributed by atoms with Crippen molar-refractivity contribution < 1.29 is 14.3 Å². The minimum Gasteiger partial charge on any atom is -0.454 e. The number of aromatic nitrogens is 2. The van der Waals surface area contributed by atoms with Crippen LogP contribution >= 0.6 is 35.1 Å². The lowest BCUT2D eigenvalue weighted by Crippen LogP contribution is -2.38. The normalized spacial score (nSPS) is 12.5. The molecular weight excluding hydrogens is 468 g/mol. The minimum absolute atomic E-state index is 0. The smallest absolute Gasteiger partial charge is 0.289 e. The third kappa shape index (κ3) is 4.25. The number of nitrogens with zero attached hydrogens (tertiary/aromatic N) is 4. The highest BCUT2D eigenvalue weighted by atomic mass is 35.5. The Hall–Kier alpha value is -2.46. The molecule has 1 aliphatic rings. The van der Waals surface area contributed by atoms with Crippen LogP contribution < -0.4 is 14.4 Å². The van der Waals surface area contributed by atoms with Gasteiger partial charge in [0, 0.05) is 25.2 Å². The monoisotopic (exact) mass is 490 g/mol. The number of rotatable bonds is 7. The molecule has 32 heavy (non-hydrogen) atoms. The van der Waals surface area contributed by atoms with E-state index in [1.807, 2.05) is 36.4 Å². The number of amides is 1. The number of ether oxygens (including phenoxy) is 2. The van der Waals surface area contributed by atoms with E-state index in [0.717, 1.165) is 45.8 Å². The zero-order valence-electron chi connectivity index (χ0n) is 17.7. The van der Waals surface area contributed by atoms with E-state index in [9.17, 15) is 4.79 Å². The summed E-state index contributed by atoms with van der Waals surface area (Å²) in [6, 6.07) is 11.6. The van der Waals surface area contributed by atoms with Gasteiger partial charge >= 0.3 is 0 Å². The van der Waals surface area contributed by atoms with Crippen LogP contribution in [-0.2, 0) is 0 Å². The van der Waals surface area contributed by atoms with Crippen molar-refractivity contribution in [2.45, 2.75) is 13.8 Å². The maximum atomic E-state index is 13.6. The Morgan fingerprint density at radius 2 is 1.72 bits per heavy atom. The summed E-state index contributed by atoms with van der Waals surface area (Å²) in [5, 5.41) is 1.14. The number of hydrogen-bond donors (Lipinski definition) is 0. The van der Waals surface area contributed by atoms with E-state index in [1.54, 1.807) is 4.90 Å². The Morgan fingerprint density at radius 1 is 0.969 bits per heavy atom. The number of hydrogen-bond acceptors (Lipinski definition) is 8. The predicted octanol–water partition coefficient (Wildman–Crippen LogP) is 5.05. The highest BCUT2D eigenvalue weighted by molar-refractivity contribution is 7.23. The largest absolute Gasteiger partial charge is 0.454 e. The molecule has 10 heteroatoms. The molecule has 0 spiro atoms. The third-order valence-electron chi connectivity index (χ3n) is 5.36. The van der Waals surface area contributed by atoms with E-state index >= 15 is 0 Å². The molecule has 3 heterocycles. The van der Waals surface area contributed by atoms with E-state index in [0.29, 0.717) is 22.4 Å². The lowest BCUT2D eigenvalue weighted by atomic mass is 10.3. The first-order valence-electron chi connectivity index (χ1n) is 10.3. The summed E-state index contributed by atoms with van der Waals surface area (Å²) in [7, 11) is 0. The van der Waals surface area contributed by atoms with Crippen molar-refractivity contribution in [3.63, 3.8) is 0 Å². The molecular formula is C22H23ClN4O3S2. The molecule has 0 saturated carbocycles. The van der Waals surface area contributed by atoms with Gasteiger partial charge in [-0.15, -0.1) is 23.7 Å². The Kier molecular flexibility index (Phi) is 6.80. The van der Waals surface area contributed by atoms with Crippen molar-refractivity contribution in [1.29, 1.82) is 0 Å². The Balaban J connectivity index is 0.00000245. The number of likely N-dealkylation sites (N-methyl/N-ethyl adjacent to an activating group) is 1. The number of para-hydroxylation sites is 1. The van der Waals surface area contributed by atoms with Gasteiger partial charge in [-0.3, -0.25) is 9.69 Å². The molecule has 0 bridgehead atoms. The van der Waals surface area contributed by atoms with Crippen LogP contribution in [0.3, 0.4) is 0 Å². The SMILES string of the molecule is CCN(CC)CCN(C(=O)c1nc2ccccc2s1)c1nc2cc3c(cc2s1)OCO3.Cl. The van der Waals surface area contributed by atoms with Crippen LogP contribution in [0.1, 0.15) is 23.6 Å². The summed E-state index contributed by atoms with van der Waals surface area (Å²) < 4.78 is 12.9. The first-order valence-corrected chi connectivity index (χ1v) is 11.9. The maximum Gasteiger partial charge on any atom is 0.289 e. The molecule has 0 radical (unpaired) electrons. The molecule has 0 aliphatic carbocycles. The molecule has 2 aromatic carbocycles. The minimum atomic E-state index is -0.118. The van der Waals surface area contributed by atoms with Crippen LogP contribution in [0.5, 0.6) is 11.5 Å². The second-order valence-corrected chi connectivity index (χ2v) is 9.18. The van der Waals surface area contributed by atoms with Crippen molar-refractivity contribution >= 4 is 66.6 Å². The zero-order valence-corrected chi connectivity index (χ0v) is 20.2. The molecule has 168 valence electrons. The molecule has 1 aliphatic heterocycles. The lowest BCUT2D eigenvalue weighted by molar-refractivity contribution is 0.0983. The molecule has 0 N–H and O–H groups in total. The van der Waals surface area contributed by atoms with Crippen molar-refractivity contribution in [2.24, 2.45) is 0 Å². The number of halogens is 1. The molecule has 0 fully saturated rings. The van der Waals surface area contributed by atoms with E-state index in [4.69, 9.17) is 14.5 Å². The topological polar surface area (TPSA) is 67.8 Å². The van der Waals surface area contributed by atoms with Gasteiger partial charge in [-0.05, 0) is 25.2 Å².